The van der Waals surface area contributed by atoms with Crippen LogP contribution >= 0.6 is 0 Å². The molecule has 1 nitrogen and oxygen atoms in total. The first-order chi connectivity index (χ1) is 10.4. The number of hydrogen-bond donors (Lipinski definition) is 0. The van der Waals surface area contributed by atoms with E-state index in [2.05, 4.69) is 24.6 Å². The highest BCUT2D eigenvalue weighted by atomic mass is 32.2. The molecule has 2 aromatic rings. The topological polar surface area (TPSA) is 17.1 Å². The zero-order chi connectivity index (χ0) is 14.2. The van der Waals surface area contributed by atoms with Gasteiger partial charge < -0.3 is 0 Å². The molecule has 0 saturated heterocycles. The molecule has 0 radical (unpaired) electrons. The first-order valence-electron chi connectivity index (χ1n) is 6.89. The van der Waals surface area contributed by atoms with Gasteiger partial charge in [-0.25, -0.2) is 0 Å². The van der Waals surface area contributed by atoms with Crippen molar-refractivity contribution in [1.82, 2.24) is 0 Å². The van der Waals surface area contributed by atoms with Crippen LogP contribution in [0.3, 0.4) is 0 Å². The van der Waals surface area contributed by atoms with Crippen LogP contribution in [-0.4, -0.2) is 4.21 Å². The van der Waals surface area contributed by atoms with Crippen LogP contribution in [0, 0.1) is 6.42 Å². The van der Waals surface area contributed by atoms with E-state index in [4.69, 9.17) is 0 Å². The van der Waals surface area contributed by atoms with E-state index in [9.17, 15) is 4.21 Å². The molecule has 2 aliphatic rings. The molecular formula is C19H13OS-. The van der Waals surface area contributed by atoms with Gasteiger partial charge in [-0.15, -0.1) is 30.2 Å². The van der Waals surface area contributed by atoms with E-state index in [0.717, 1.165) is 26.5 Å². The van der Waals surface area contributed by atoms with E-state index < -0.39 is 10.8 Å². The lowest BCUT2D eigenvalue weighted by Crippen LogP contribution is -2.13. The van der Waals surface area contributed by atoms with Crippen LogP contribution < -0.4 is 0 Å². The molecule has 102 valence electrons. The van der Waals surface area contributed by atoms with Crippen molar-refractivity contribution < 1.29 is 4.21 Å². The van der Waals surface area contributed by atoms with Crippen LogP contribution in [0.2, 0.25) is 0 Å². The molecule has 1 aliphatic carbocycles. The SMILES string of the molecule is O=S1C2=CC=C[CH-]C2=C(c2ccccc2)c2ccccc21. The summed E-state index contributed by atoms with van der Waals surface area (Å²) in [7, 11) is -1.11. The molecule has 4 rings (SSSR count). The monoisotopic (exact) mass is 289 g/mol. The summed E-state index contributed by atoms with van der Waals surface area (Å²) in [6.07, 6.45) is 7.98. The minimum absolute atomic E-state index is 0.898. The third-order valence-electron chi connectivity index (χ3n) is 3.77. The first-order valence-corrected chi connectivity index (χ1v) is 8.04. The van der Waals surface area contributed by atoms with Gasteiger partial charge in [0.2, 0.25) is 0 Å². The van der Waals surface area contributed by atoms with E-state index in [1.807, 2.05) is 54.6 Å². The zero-order valence-corrected chi connectivity index (χ0v) is 12.1. The molecule has 0 saturated carbocycles. The number of fused-ring (bicyclic) bond motifs is 2. The van der Waals surface area contributed by atoms with Crippen molar-refractivity contribution in [3.05, 3.63) is 101 Å². The molecule has 21 heavy (non-hydrogen) atoms. The highest BCUT2D eigenvalue weighted by Gasteiger charge is 2.22. The lowest BCUT2D eigenvalue weighted by Gasteiger charge is -2.33. The van der Waals surface area contributed by atoms with E-state index in [-0.39, 0.29) is 0 Å². The van der Waals surface area contributed by atoms with Gasteiger partial charge in [0, 0.05) is 15.7 Å². The third-order valence-corrected chi connectivity index (χ3v) is 5.29. The van der Waals surface area contributed by atoms with Crippen molar-refractivity contribution in [2.45, 2.75) is 4.90 Å². The highest BCUT2D eigenvalue weighted by Crippen LogP contribution is 2.43. The molecule has 0 amide bonds. The predicted octanol–water partition coefficient (Wildman–Crippen LogP) is 4.27. The molecule has 1 unspecified atom stereocenters. The maximum Gasteiger partial charge on any atom is 0.0419 e. The Hall–Kier alpha value is -2.32. The van der Waals surface area contributed by atoms with Crippen LogP contribution in [0.25, 0.3) is 5.57 Å². The van der Waals surface area contributed by atoms with E-state index in [1.54, 1.807) is 0 Å². The summed E-state index contributed by atoms with van der Waals surface area (Å²) in [5.41, 5.74) is 4.47. The molecule has 0 fully saturated rings. The third kappa shape index (κ3) is 1.91. The molecule has 2 heteroatoms. The van der Waals surface area contributed by atoms with Crippen LogP contribution in [-0.2, 0) is 10.8 Å². The van der Waals surface area contributed by atoms with Crippen LogP contribution in [0.1, 0.15) is 11.1 Å². The fourth-order valence-corrected chi connectivity index (χ4v) is 4.23. The van der Waals surface area contributed by atoms with Crippen molar-refractivity contribution in [3.8, 4) is 0 Å². The smallest absolute Gasteiger partial charge is 0.0419 e. The fourth-order valence-electron chi connectivity index (χ4n) is 2.85. The van der Waals surface area contributed by atoms with Gasteiger partial charge in [0.15, 0.2) is 0 Å². The maximum atomic E-state index is 12.8. The Morgan fingerprint density at radius 1 is 0.905 bits per heavy atom. The molecular weight excluding hydrogens is 276 g/mol. The standard InChI is InChI=1S/C19H13OS/c20-21-17-12-6-4-10-15(17)19(14-8-2-1-3-9-14)16-11-5-7-13-18(16)21/h1-13H/q-1. The summed E-state index contributed by atoms with van der Waals surface area (Å²) < 4.78 is 12.8. The normalized spacial score (nSPS) is 19.4. The molecule has 1 heterocycles. The van der Waals surface area contributed by atoms with Crippen LogP contribution in [0.4, 0.5) is 0 Å². The van der Waals surface area contributed by atoms with Crippen molar-refractivity contribution in [2.75, 3.05) is 0 Å². The summed E-state index contributed by atoms with van der Waals surface area (Å²) in [5.74, 6) is 0. The number of allylic oxidation sites excluding steroid dienone is 4. The molecule has 0 spiro atoms. The van der Waals surface area contributed by atoms with Gasteiger partial charge in [-0.3, -0.25) is 4.21 Å². The second kappa shape index (κ2) is 4.90. The quantitative estimate of drug-likeness (QED) is 0.717. The number of benzene rings is 2. The zero-order valence-electron chi connectivity index (χ0n) is 11.3. The fraction of sp³-hybridized carbons (Fsp3) is 0. The molecule has 2 aromatic carbocycles. The Kier molecular flexibility index (Phi) is 2.90. The maximum absolute atomic E-state index is 12.8. The van der Waals surface area contributed by atoms with Gasteiger partial charge in [-0.05, 0) is 16.5 Å². The lowest BCUT2D eigenvalue weighted by atomic mass is 9.89. The first kappa shape index (κ1) is 12.4. The predicted molar refractivity (Wildman–Crippen MR) is 86.8 cm³/mol. The Morgan fingerprint density at radius 3 is 2.52 bits per heavy atom. The van der Waals surface area contributed by atoms with Crippen molar-refractivity contribution in [1.29, 1.82) is 0 Å². The van der Waals surface area contributed by atoms with E-state index >= 15 is 0 Å². The van der Waals surface area contributed by atoms with Gasteiger partial charge in [0.25, 0.3) is 0 Å². The molecule has 1 aliphatic heterocycles. The largest absolute Gasteiger partial charge is 0.259 e. The van der Waals surface area contributed by atoms with Crippen molar-refractivity contribution in [2.24, 2.45) is 0 Å². The minimum atomic E-state index is -1.11. The second-order valence-corrected chi connectivity index (χ2v) is 6.42. The number of hydrogen-bond acceptors (Lipinski definition) is 1. The average Bonchev–Trinajstić information content (AvgIpc) is 2.56. The van der Waals surface area contributed by atoms with Crippen LogP contribution in [0.15, 0.2) is 88.2 Å². The van der Waals surface area contributed by atoms with Gasteiger partial charge in [-0.2, -0.15) is 0 Å². The van der Waals surface area contributed by atoms with E-state index in [0.29, 0.717) is 0 Å². The van der Waals surface area contributed by atoms with Gasteiger partial charge in [-0.1, -0.05) is 59.7 Å². The van der Waals surface area contributed by atoms with E-state index in [1.165, 1.54) is 5.57 Å². The van der Waals surface area contributed by atoms with Crippen molar-refractivity contribution in [3.63, 3.8) is 0 Å². The van der Waals surface area contributed by atoms with Crippen LogP contribution in [0.5, 0.6) is 0 Å². The average molecular weight is 289 g/mol. The van der Waals surface area contributed by atoms with Gasteiger partial charge in [0.1, 0.15) is 0 Å². The number of rotatable bonds is 1. The summed E-state index contributed by atoms with van der Waals surface area (Å²) in [6, 6.07) is 18.3. The summed E-state index contributed by atoms with van der Waals surface area (Å²) in [6.45, 7) is 0. The summed E-state index contributed by atoms with van der Waals surface area (Å²) >= 11 is 0. The minimum Gasteiger partial charge on any atom is -0.259 e. The summed E-state index contributed by atoms with van der Waals surface area (Å²) in [5, 5.41) is 0. The Balaban J connectivity index is 2.07. The highest BCUT2D eigenvalue weighted by molar-refractivity contribution is 7.89. The summed E-state index contributed by atoms with van der Waals surface area (Å²) in [4.78, 5) is 1.80. The van der Waals surface area contributed by atoms with Gasteiger partial charge >= 0.3 is 0 Å². The Bertz CT molecular complexity index is 826. The molecule has 0 bridgehead atoms. The lowest BCUT2D eigenvalue weighted by molar-refractivity contribution is 0.686. The second-order valence-electron chi connectivity index (χ2n) is 5.00. The Labute approximate surface area is 126 Å². The Morgan fingerprint density at radius 2 is 1.67 bits per heavy atom. The van der Waals surface area contributed by atoms with Crippen molar-refractivity contribution >= 4 is 16.4 Å². The van der Waals surface area contributed by atoms with Gasteiger partial charge in [0.05, 0.1) is 0 Å². The molecule has 0 aromatic heterocycles. The molecule has 0 N–H and O–H groups in total. The molecule has 1 atom stereocenters.